The number of nitrogens with zero attached hydrogens (tertiary/aromatic N) is 4. The van der Waals surface area contributed by atoms with Crippen molar-refractivity contribution in [1.82, 2.24) is 20.8 Å². The molecule has 11 nitrogen and oxygen atoms in total. The Morgan fingerprint density at radius 1 is 0.831 bits per heavy atom. The third kappa shape index (κ3) is 8.82. The van der Waals surface area contributed by atoms with Crippen LogP contribution in [0, 0.1) is 23.0 Å². The predicted octanol–water partition coefficient (Wildman–Crippen LogP) is 7.32. The van der Waals surface area contributed by atoms with Gasteiger partial charge in [0.15, 0.2) is 5.11 Å². The van der Waals surface area contributed by atoms with Crippen LogP contribution in [0.3, 0.4) is 0 Å². The SMILES string of the molecule is CC1(C)C(=O)N(c2ccc(C#N)c(C(F)(F)F)c2)C(=S)N1c1ccc(C(=O)NCCCCCCNC(=O)c2cc(Cc3n[nH]c(=O)c4ccccc34)ccc2F)c(F)c1. The Hall–Kier alpha value is -6.54. The molecule has 3 N–H and O–H groups in total. The molecule has 0 unspecified atom stereocenters. The van der Waals surface area contributed by atoms with Crippen LogP contribution in [-0.4, -0.2) is 51.7 Å². The standard InChI is InChI=1S/C42H36F5N7O4S/c1-41(2)39(58)53(26-13-12-25(23-48)32(21-26)42(45,46)47)40(59)54(41)27-14-15-30(34(44)22-27)36(55)49-17-7-3-4-8-18-50-37(56)31-19-24(11-16-33(31)43)20-35-28-9-5-6-10-29(28)38(57)52-51-35/h5-6,9-16,19,21-22H,3-4,7-8,17-18,20H2,1-2H3,(H,49,55)(H,50,56)(H,52,57). The van der Waals surface area contributed by atoms with Gasteiger partial charge in [0, 0.05) is 30.6 Å². The summed E-state index contributed by atoms with van der Waals surface area (Å²) >= 11 is 5.50. The lowest BCUT2D eigenvalue weighted by molar-refractivity contribution is -0.137. The third-order valence-electron chi connectivity index (χ3n) is 9.91. The number of anilines is 2. The number of halogens is 5. The molecule has 5 aromatic rings. The third-order valence-corrected chi connectivity index (χ3v) is 10.3. The lowest BCUT2D eigenvalue weighted by Gasteiger charge is -2.29. The molecule has 1 aromatic heterocycles. The fourth-order valence-corrected chi connectivity index (χ4v) is 7.36. The summed E-state index contributed by atoms with van der Waals surface area (Å²) in [5.41, 5.74) is -2.94. The van der Waals surface area contributed by atoms with Gasteiger partial charge in [-0.3, -0.25) is 24.1 Å². The molecule has 0 spiro atoms. The molecule has 1 fully saturated rings. The highest BCUT2D eigenvalue weighted by molar-refractivity contribution is 7.81. The maximum atomic E-state index is 15.4. The van der Waals surface area contributed by atoms with Gasteiger partial charge in [0.1, 0.15) is 17.2 Å². The highest BCUT2D eigenvalue weighted by Crippen LogP contribution is 2.40. The molecule has 0 bridgehead atoms. The van der Waals surface area contributed by atoms with Gasteiger partial charge < -0.3 is 15.5 Å². The highest BCUT2D eigenvalue weighted by Gasteiger charge is 2.51. The van der Waals surface area contributed by atoms with Crippen molar-refractivity contribution in [3.05, 3.63) is 134 Å². The predicted molar refractivity (Wildman–Crippen MR) is 214 cm³/mol. The van der Waals surface area contributed by atoms with Crippen molar-refractivity contribution in [3.8, 4) is 6.07 Å². The van der Waals surface area contributed by atoms with Crippen molar-refractivity contribution in [3.63, 3.8) is 0 Å². The van der Waals surface area contributed by atoms with Crippen molar-refractivity contribution in [2.75, 3.05) is 22.9 Å². The van der Waals surface area contributed by atoms with E-state index in [-0.39, 0.29) is 52.7 Å². The molecule has 1 aliphatic rings. The fraction of sp³-hybridized carbons (Fsp3) is 0.262. The number of nitriles is 1. The molecule has 2 heterocycles. The van der Waals surface area contributed by atoms with Crippen molar-refractivity contribution in [2.24, 2.45) is 0 Å². The summed E-state index contributed by atoms with van der Waals surface area (Å²) in [4.78, 5) is 53.5. The number of fused-ring (bicyclic) bond motifs is 1. The number of unbranched alkanes of at least 4 members (excludes halogenated alkanes) is 3. The van der Waals surface area contributed by atoms with Gasteiger partial charge in [0.2, 0.25) is 0 Å². The second kappa shape index (κ2) is 17.1. The second-order valence-electron chi connectivity index (χ2n) is 14.3. The number of nitrogens with one attached hydrogen (secondary N) is 3. The molecular weight excluding hydrogens is 794 g/mol. The summed E-state index contributed by atoms with van der Waals surface area (Å²) in [5, 5.41) is 22.1. The zero-order valence-electron chi connectivity index (χ0n) is 31.7. The number of rotatable bonds is 13. The van der Waals surface area contributed by atoms with Gasteiger partial charge in [-0.25, -0.2) is 13.9 Å². The first-order valence-corrected chi connectivity index (χ1v) is 18.8. The van der Waals surface area contributed by atoms with Crippen LogP contribution in [0.2, 0.25) is 0 Å². The fourth-order valence-electron chi connectivity index (χ4n) is 6.84. The van der Waals surface area contributed by atoms with E-state index < -0.39 is 52.2 Å². The molecule has 1 saturated heterocycles. The van der Waals surface area contributed by atoms with E-state index in [1.165, 1.54) is 55.1 Å². The minimum Gasteiger partial charge on any atom is -0.352 e. The van der Waals surface area contributed by atoms with Crippen LogP contribution >= 0.6 is 12.2 Å². The second-order valence-corrected chi connectivity index (χ2v) is 14.6. The van der Waals surface area contributed by atoms with Gasteiger partial charge in [-0.1, -0.05) is 37.1 Å². The summed E-state index contributed by atoms with van der Waals surface area (Å²) in [5.74, 6) is -3.54. The minimum atomic E-state index is -4.87. The lowest BCUT2D eigenvalue weighted by atomic mass is 10.0. The Kier molecular flexibility index (Phi) is 12.2. The molecule has 0 aliphatic carbocycles. The quantitative estimate of drug-likeness (QED) is 0.0635. The molecule has 4 aromatic carbocycles. The number of carbonyl (C=O) groups excluding carboxylic acids is 3. The van der Waals surface area contributed by atoms with Gasteiger partial charge >= 0.3 is 6.18 Å². The monoisotopic (exact) mass is 829 g/mol. The first kappa shape index (κ1) is 42.1. The van der Waals surface area contributed by atoms with Crippen molar-refractivity contribution >= 4 is 57.2 Å². The number of thiocarbonyl (C=S) groups is 1. The minimum absolute atomic E-state index is 0.0916. The number of aromatic amines is 1. The molecule has 1 aliphatic heterocycles. The highest BCUT2D eigenvalue weighted by atomic mass is 32.1. The van der Waals surface area contributed by atoms with E-state index >= 15 is 4.39 Å². The van der Waals surface area contributed by atoms with Crippen LogP contribution in [0.25, 0.3) is 10.8 Å². The molecule has 0 atom stereocenters. The molecule has 304 valence electrons. The van der Waals surface area contributed by atoms with Crippen molar-refractivity contribution in [2.45, 2.75) is 57.7 Å². The Morgan fingerprint density at radius 3 is 2.12 bits per heavy atom. The Labute approximate surface area is 339 Å². The number of benzene rings is 4. The molecule has 3 amide bonds. The Bertz CT molecular complexity index is 2590. The smallest absolute Gasteiger partial charge is 0.352 e. The van der Waals surface area contributed by atoms with Crippen LogP contribution in [0.15, 0.2) is 83.7 Å². The summed E-state index contributed by atoms with van der Waals surface area (Å²) in [7, 11) is 0. The van der Waals surface area contributed by atoms with Gasteiger partial charge in [-0.2, -0.15) is 23.5 Å². The number of aromatic nitrogens is 2. The topological polar surface area (TPSA) is 151 Å². The summed E-state index contributed by atoms with van der Waals surface area (Å²) < 4.78 is 71.0. The van der Waals surface area contributed by atoms with Crippen LogP contribution < -0.4 is 26.0 Å². The van der Waals surface area contributed by atoms with Crippen LogP contribution in [0.5, 0.6) is 0 Å². The van der Waals surface area contributed by atoms with Crippen LogP contribution in [-0.2, 0) is 17.4 Å². The van der Waals surface area contributed by atoms with E-state index in [0.717, 1.165) is 17.0 Å². The van der Waals surface area contributed by atoms with Gasteiger partial charge in [0.25, 0.3) is 23.3 Å². The normalized spacial score (nSPS) is 13.8. The summed E-state index contributed by atoms with van der Waals surface area (Å²) in [6, 6.07) is 19.1. The van der Waals surface area contributed by atoms with Crippen molar-refractivity contribution in [1.29, 1.82) is 5.26 Å². The van der Waals surface area contributed by atoms with Gasteiger partial charge in [-0.05, 0) is 99.1 Å². The van der Waals surface area contributed by atoms with E-state index in [2.05, 4.69) is 20.8 Å². The number of amides is 3. The van der Waals surface area contributed by atoms with Gasteiger partial charge in [-0.15, -0.1) is 0 Å². The zero-order valence-corrected chi connectivity index (χ0v) is 32.5. The molecule has 59 heavy (non-hydrogen) atoms. The van der Waals surface area contributed by atoms with Crippen molar-refractivity contribution < 1.29 is 36.3 Å². The Morgan fingerprint density at radius 2 is 1.47 bits per heavy atom. The molecule has 17 heteroatoms. The molecule has 6 rings (SSSR count). The average molecular weight is 830 g/mol. The molecule has 0 saturated carbocycles. The first-order chi connectivity index (χ1) is 28.0. The number of carbonyl (C=O) groups is 3. The van der Waals surface area contributed by atoms with Crippen LogP contribution in [0.4, 0.5) is 33.3 Å². The largest absolute Gasteiger partial charge is 0.417 e. The Balaban J connectivity index is 0.971. The zero-order chi connectivity index (χ0) is 42.6. The summed E-state index contributed by atoms with van der Waals surface area (Å²) in [6.07, 6.45) is -2.15. The molecular formula is C42H36F5N7O4S. The lowest BCUT2D eigenvalue weighted by Crippen LogP contribution is -2.44. The number of alkyl halides is 3. The number of hydrogen-bond acceptors (Lipinski definition) is 7. The summed E-state index contributed by atoms with van der Waals surface area (Å²) in [6.45, 7) is 3.45. The van der Waals surface area contributed by atoms with E-state index in [4.69, 9.17) is 17.5 Å². The number of H-pyrrole nitrogens is 1. The maximum absolute atomic E-state index is 15.4. The average Bonchev–Trinajstić information content (AvgIpc) is 3.38. The maximum Gasteiger partial charge on any atom is 0.417 e. The molecule has 0 radical (unpaired) electrons. The van der Waals surface area contributed by atoms with E-state index in [1.54, 1.807) is 30.3 Å². The number of hydrogen-bond donors (Lipinski definition) is 3. The van der Waals surface area contributed by atoms with Crippen LogP contribution in [0.1, 0.15) is 82.6 Å². The van der Waals surface area contributed by atoms with E-state index in [1.807, 2.05) is 0 Å². The van der Waals surface area contributed by atoms with E-state index in [9.17, 15) is 36.7 Å². The first-order valence-electron chi connectivity index (χ1n) is 18.4. The van der Waals surface area contributed by atoms with Gasteiger partial charge in [0.05, 0.1) is 45.1 Å². The van der Waals surface area contributed by atoms with E-state index in [0.29, 0.717) is 53.8 Å².